The summed E-state index contributed by atoms with van der Waals surface area (Å²) in [5.41, 5.74) is 0.870. The van der Waals surface area contributed by atoms with Gasteiger partial charge in [0.15, 0.2) is 0 Å². The van der Waals surface area contributed by atoms with Gasteiger partial charge in [-0.25, -0.2) is 13.1 Å². The molecule has 24 heavy (non-hydrogen) atoms. The summed E-state index contributed by atoms with van der Waals surface area (Å²) in [6.45, 7) is 7.91. The third-order valence-electron chi connectivity index (χ3n) is 4.06. The van der Waals surface area contributed by atoms with E-state index in [1.165, 1.54) is 5.41 Å². The minimum Gasteiger partial charge on any atom is -0.379 e. The first kappa shape index (κ1) is 19.1. The third kappa shape index (κ3) is 6.73. The second kappa shape index (κ2) is 9.32. The van der Waals surface area contributed by atoms with Crippen molar-refractivity contribution in [3.8, 4) is 0 Å². The van der Waals surface area contributed by atoms with Crippen LogP contribution in [0, 0.1) is 5.92 Å². The summed E-state index contributed by atoms with van der Waals surface area (Å²) in [4.78, 5) is 2.33. The summed E-state index contributed by atoms with van der Waals surface area (Å²) in [5.74, 6) is 0.516. The molecule has 1 aliphatic heterocycles. The lowest BCUT2D eigenvalue weighted by Gasteiger charge is -2.35. The molecule has 0 aliphatic carbocycles. The molecule has 1 saturated heterocycles. The van der Waals surface area contributed by atoms with Crippen molar-refractivity contribution in [2.75, 3.05) is 32.8 Å². The minimum absolute atomic E-state index is 0.203. The lowest BCUT2D eigenvalue weighted by Crippen LogP contribution is -2.49. The largest absolute Gasteiger partial charge is 0.379 e. The van der Waals surface area contributed by atoms with Crippen LogP contribution in [0.3, 0.4) is 0 Å². The van der Waals surface area contributed by atoms with Crippen molar-refractivity contribution in [3.05, 3.63) is 41.3 Å². The molecule has 1 aromatic rings. The van der Waals surface area contributed by atoms with Gasteiger partial charge in [-0.2, -0.15) is 0 Å². The Labute approximate surface area is 145 Å². The molecule has 0 radical (unpaired) electrons. The molecule has 1 aromatic carbocycles. The molecule has 1 atom stereocenters. The topological polar surface area (TPSA) is 58.6 Å². The van der Waals surface area contributed by atoms with Crippen LogP contribution in [0.2, 0.25) is 0 Å². The third-order valence-corrected chi connectivity index (χ3v) is 5.13. The molecule has 0 amide bonds. The standard InChI is InChI=1S/C18H28N2O3S/c1-16(2)14-18(20-9-11-23-12-10-20)15-19-24(21,22)13-8-17-6-4-3-5-7-17/h3-8,13,16,18-19H,9-12,14-15H2,1-2H3/b13-8+. The van der Waals surface area contributed by atoms with Crippen molar-refractivity contribution in [1.82, 2.24) is 9.62 Å². The van der Waals surface area contributed by atoms with Gasteiger partial charge in [0.25, 0.3) is 0 Å². The van der Waals surface area contributed by atoms with Crippen LogP contribution in [-0.2, 0) is 14.8 Å². The molecule has 0 bridgehead atoms. The fraction of sp³-hybridized carbons (Fsp3) is 0.556. The SMILES string of the molecule is CC(C)CC(CNS(=O)(=O)/C=C/c1ccccc1)N1CCOCC1. The van der Waals surface area contributed by atoms with Crippen molar-refractivity contribution in [1.29, 1.82) is 0 Å². The molecule has 134 valence electrons. The van der Waals surface area contributed by atoms with Crippen molar-refractivity contribution < 1.29 is 13.2 Å². The Balaban J connectivity index is 1.94. The highest BCUT2D eigenvalue weighted by Gasteiger charge is 2.23. The van der Waals surface area contributed by atoms with E-state index in [9.17, 15) is 8.42 Å². The Bertz CT molecular complexity index is 608. The van der Waals surface area contributed by atoms with Gasteiger partial charge in [0.2, 0.25) is 10.0 Å². The van der Waals surface area contributed by atoms with Gasteiger partial charge >= 0.3 is 0 Å². The molecule has 0 aromatic heterocycles. The van der Waals surface area contributed by atoms with Crippen molar-refractivity contribution >= 4 is 16.1 Å². The Morgan fingerprint density at radius 3 is 2.50 bits per heavy atom. The number of rotatable bonds is 8. The van der Waals surface area contributed by atoms with Crippen LogP contribution < -0.4 is 4.72 Å². The van der Waals surface area contributed by atoms with Crippen LogP contribution in [0.25, 0.3) is 6.08 Å². The molecule has 6 heteroatoms. The van der Waals surface area contributed by atoms with Gasteiger partial charge in [0.05, 0.1) is 13.2 Å². The quantitative estimate of drug-likeness (QED) is 0.780. The Kier molecular flexibility index (Phi) is 7.42. The first-order valence-corrected chi connectivity index (χ1v) is 10.1. The van der Waals surface area contributed by atoms with Gasteiger partial charge < -0.3 is 4.74 Å². The van der Waals surface area contributed by atoms with Crippen LogP contribution in [0.15, 0.2) is 35.7 Å². The van der Waals surface area contributed by atoms with E-state index in [1.807, 2.05) is 30.3 Å². The van der Waals surface area contributed by atoms with Gasteiger partial charge in [-0.3, -0.25) is 4.90 Å². The zero-order valence-corrected chi connectivity index (χ0v) is 15.3. The van der Waals surface area contributed by atoms with E-state index < -0.39 is 10.0 Å². The number of benzene rings is 1. The van der Waals surface area contributed by atoms with Gasteiger partial charge in [-0.15, -0.1) is 0 Å². The smallest absolute Gasteiger partial charge is 0.233 e. The molecule has 5 nitrogen and oxygen atoms in total. The maximum atomic E-state index is 12.2. The van der Waals surface area contributed by atoms with E-state index in [2.05, 4.69) is 23.5 Å². The summed E-state index contributed by atoms with van der Waals surface area (Å²) in [5, 5.41) is 1.24. The van der Waals surface area contributed by atoms with Crippen LogP contribution in [0.4, 0.5) is 0 Å². The number of morpholine rings is 1. The maximum Gasteiger partial charge on any atom is 0.233 e. The lowest BCUT2D eigenvalue weighted by atomic mass is 10.0. The molecule has 1 heterocycles. The Morgan fingerprint density at radius 2 is 1.88 bits per heavy atom. The summed E-state index contributed by atoms with van der Waals surface area (Å²) >= 11 is 0. The molecule has 1 aliphatic rings. The van der Waals surface area contributed by atoms with E-state index in [-0.39, 0.29) is 6.04 Å². The highest BCUT2D eigenvalue weighted by Crippen LogP contribution is 2.13. The zero-order valence-electron chi connectivity index (χ0n) is 14.5. The zero-order chi connectivity index (χ0) is 17.4. The average Bonchev–Trinajstić information content (AvgIpc) is 2.58. The normalized spacial score (nSPS) is 18.3. The van der Waals surface area contributed by atoms with Gasteiger partial charge in [-0.1, -0.05) is 44.2 Å². The molecule has 2 rings (SSSR count). The fourth-order valence-corrected chi connectivity index (χ4v) is 3.70. The summed E-state index contributed by atoms with van der Waals surface area (Å²) in [7, 11) is -3.44. The number of nitrogens with zero attached hydrogens (tertiary/aromatic N) is 1. The van der Waals surface area contributed by atoms with Crippen LogP contribution in [0.1, 0.15) is 25.8 Å². The number of hydrogen-bond acceptors (Lipinski definition) is 4. The van der Waals surface area contributed by atoms with Crippen molar-refractivity contribution in [2.45, 2.75) is 26.3 Å². The van der Waals surface area contributed by atoms with Gasteiger partial charge in [0.1, 0.15) is 0 Å². The fourth-order valence-electron chi connectivity index (χ4n) is 2.84. The van der Waals surface area contributed by atoms with Crippen LogP contribution >= 0.6 is 0 Å². The molecule has 0 saturated carbocycles. The molecule has 1 fully saturated rings. The lowest BCUT2D eigenvalue weighted by molar-refractivity contribution is 0.0135. The van der Waals surface area contributed by atoms with E-state index in [4.69, 9.17) is 4.74 Å². The second-order valence-electron chi connectivity index (χ2n) is 6.54. The Hall–Kier alpha value is -1.21. The summed E-state index contributed by atoms with van der Waals surface area (Å²) < 4.78 is 32.6. The van der Waals surface area contributed by atoms with E-state index >= 15 is 0 Å². The molecular weight excluding hydrogens is 324 g/mol. The summed E-state index contributed by atoms with van der Waals surface area (Å²) in [6.07, 6.45) is 2.58. The second-order valence-corrected chi connectivity index (χ2v) is 8.19. The van der Waals surface area contributed by atoms with E-state index in [0.29, 0.717) is 12.5 Å². The molecular formula is C18H28N2O3S. The van der Waals surface area contributed by atoms with E-state index in [0.717, 1.165) is 38.3 Å². The van der Waals surface area contributed by atoms with E-state index in [1.54, 1.807) is 6.08 Å². The maximum absolute atomic E-state index is 12.2. The van der Waals surface area contributed by atoms with Crippen LogP contribution in [0.5, 0.6) is 0 Å². The highest BCUT2D eigenvalue weighted by molar-refractivity contribution is 7.92. The average molecular weight is 353 g/mol. The predicted molar refractivity (Wildman–Crippen MR) is 98.0 cm³/mol. The van der Waals surface area contributed by atoms with Crippen molar-refractivity contribution in [2.24, 2.45) is 5.92 Å². The minimum atomic E-state index is -3.44. The Morgan fingerprint density at radius 1 is 1.21 bits per heavy atom. The first-order chi connectivity index (χ1) is 11.5. The van der Waals surface area contributed by atoms with Crippen LogP contribution in [-0.4, -0.2) is 52.2 Å². The molecule has 1 N–H and O–H groups in total. The monoisotopic (exact) mass is 352 g/mol. The summed E-state index contributed by atoms with van der Waals surface area (Å²) in [6, 6.07) is 9.63. The number of hydrogen-bond donors (Lipinski definition) is 1. The predicted octanol–water partition coefficient (Wildman–Crippen LogP) is 2.32. The number of nitrogens with one attached hydrogen (secondary N) is 1. The van der Waals surface area contributed by atoms with Gasteiger partial charge in [0, 0.05) is 31.1 Å². The molecule has 1 unspecified atom stereocenters. The van der Waals surface area contributed by atoms with Crippen molar-refractivity contribution in [3.63, 3.8) is 0 Å². The molecule has 0 spiro atoms. The number of ether oxygens (including phenoxy) is 1. The highest BCUT2D eigenvalue weighted by atomic mass is 32.2. The van der Waals surface area contributed by atoms with Gasteiger partial charge in [-0.05, 0) is 24.0 Å². The number of sulfonamides is 1. The first-order valence-electron chi connectivity index (χ1n) is 8.51.